The number of fused-ring (bicyclic) bond motifs is 1. The summed E-state index contributed by atoms with van der Waals surface area (Å²) in [6.45, 7) is 8.39. The number of Topliss-reactive ketones (excluding diaryl/α,β-unsaturated/α-hetero) is 1. The molecule has 3 rings (SSSR count). The summed E-state index contributed by atoms with van der Waals surface area (Å²) in [5.74, 6) is 0.758. The van der Waals surface area contributed by atoms with E-state index in [1.54, 1.807) is 6.07 Å². The van der Waals surface area contributed by atoms with Gasteiger partial charge in [0.25, 0.3) is 0 Å². The van der Waals surface area contributed by atoms with E-state index in [-0.39, 0.29) is 29.6 Å². The molecule has 2 aromatic rings. The molecule has 0 spiro atoms. The zero-order valence-corrected chi connectivity index (χ0v) is 17.5. The van der Waals surface area contributed by atoms with Crippen molar-refractivity contribution in [1.82, 2.24) is 0 Å². The number of hydrogen-bond donors (Lipinski definition) is 1. The lowest BCUT2D eigenvalue weighted by molar-refractivity contribution is 0.0844. The minimum Gasteiger partial charge on any atom is -0.507 e. The van der Waals surface area contributed by atoms with E-state index in [9.17, 15) is 9.90 Å². The van der Waals surface area contributed by atoms with Gasteiger partial charge in [-0.1, -0.05) is 47.6 Å². The average Bonchev–Trinajstić information content (AvgIpc) is 2.67. The fraction of sp³-hybridized carbons (Fsp3) is 0.320. The molecule has 4 heteroatoms. The van der Waals surface area contributed by atoms with Crippen molar-refractivity contribution in [2.75, 3.05) is 6.61 Å². The molecule has 152 valence electrons. The number of carbonyl (C=O) groups excluding carboxylic acids is 1. The maximum Gasteiger partial charge on any atom is 0.174 e. The molecule has 0 aliphatic carbocycles. The molecule has 29 heavy (non-hydrogen) atoms. The topological polar surface area (TPSA) is 55.8 Å². The van der Waals surface area contributed by atoms with Gasteiger partial charge in [-0.3, -0.25) is 4.79 Å². The molecule has 0 unspecified atom stereocenters. The maximum atomic E-state index is 12.9. The molecule has 0 radical (unpaired) electrons. The fourth-order valence-corrected chi connectivity index (χ4v) is 3.27. The molecular weight excluding hydrogens is 364 g/mol. The summed E-state index contributed by atoms with van der Waals surface area (Å²) >= 11 is 0. The van der Waals surface area contributed by atoms with Gasteiger partial charge in [0.1, 0.15) is 35.5 Å². The number of benzene rings is 2. The van der Waals surface area contributed by atoms with Gasteiger partial charge in [0, 0.05) is 11.6 Å². The van der Waals surface area contributed by atoms with Gasteiger partial charge in [0.05, 0.1) is 6.42 Å². The maximum absolute atomic E-state index is 12.9. The van der Waals surface area contributed by atoms with Gasteiger partial charge in [-0.2, -0.15) is 0 Å². The monoisotopic (exact) mass is 392 g/mol. The molecule has 0 fully saturated rings. The van der Waals surface area contributed by atoms with Crippen molar-refractivity contribution in [2.45, 2.75) is 46.6 Å². The molecule has 1 aliphatic rings. The number of aromatic hydroxyl groups is 1. The summed E-state index contributed by atoms with van der Waals surface area (Å²) in [5, 5.41) is 10.9. The van der Waals surface area contributed by atoms with Crippen LogP contribution in [0.3, 0.4) is 0 Å². The molecule has 0 amide bonds. The molecule has 4 nitrogen and oxygen atoms in total. The largest absolute Gasteiger partial charge is 0.507 e. The van der Waals surface area contributed by atoms with Crippen molar-refractivity contribution in [1.29, 1.82) is 0 Å². The fourth-order valence-electron chi connectivity index (χ4n) is 3.27. The Morgan fingerprint density at radius 3 is 2.48 bits per heavy atom. The lowest BCUT2D eigenvalue weighted by atomic mass is 9.92. The van der Waals surface area contributed by atoms with Crippen LogP contribution in [-0.2, 0) is 6.42 Å². The van der Waals surface area contributed by atoms with Crippen LogP contribution in [0.4, 0.5) is 0 Å². The second kappa shape index (κ2) is 8.99. The first kappa shape index (κ1) is 20.7. The van der Waals surface area contributed by atoms with Gasteiger partial charge < -0.3 is 14.6 Å². The highest BCUT2D eigenvalue weighted by Gasteiger charge is 2.32. The molecule has 0 bridgehead atoms. The highest BCUT2D eigenvalue weighted by atomic mass is 16.5. The van der Waals surface area contributed by atoms with E-state index in [1.165, 1.54) is 0 Å². The number of rotatable bonds is 6. The van der Waals surface area contributed by atoms with E-state index in [0.717, 1.165) is 16.7 Å². The van der Waals surface area contributed by atoms with Crippen LogP contribution in [0.1, 0.15) is 61.7 Å². The molecule has 0 aromatic heterocycles. The van der Waals surface area contributed by atoms with Crippen LogP contribution in [0.15, 0.2) is 59.7 Å². The van der Waals surface area contributed by atoms with Crippen molar-refractivity contribution in [2.24, 2.45) is 0 Å². The molecule has 0 saturated heterocycles. The summed E-state index contributed by atoms with van der Waals surface area (Å²) in [7, 11) is 0. The molecule has 1 aliphatic heterocycles. The van der Waals surface area contributed by atoms with Crippen LogP contribution in [0, 0.1) is 0 Å². The predicted molar refractivity (Wildman–Crippen MR) is 115 cm³/mol. The Hall–Kier alpha value is -3.01. The highest BCUT2D eigenvalue weighted by molar-refractivity contribution is 6.03. The highest BCUT2D eigenvalue weighted by Crippen LogP contribution is 2.45. The van der Waals surface area contributed by atoms with Crippen LogP contribution in [0.5, 0.6) is 17.2 Å². The number of ketones is 1. The van der Waals surface area contributed by atoms with Crippen LogP contribution >= 0.6 is 0 Å². The van der Waals surface area contributed by atoms with Crippen LogP contribution in [0.2, 0.25) is 0 Å². The Labute approximate surface area is 172 Å². The number of carbonyl (C=O) groups is 1. The number of phenols is 1. The molecular formula is C25H28O4. The third kappa shape index (κ3) is 4.89. The smallest absolute Gasteiger partial charge is 0.174 e. The van der Waals surface area contributed by atoms with Crippen LogP contribution < -0.4 is 9.47 Å². The summed E-state index contributed by atoms with van der Waals surface area (Å²) in [5.41, 5.74) is 4.08. The Bertz CT molecular complexity index is 947. The van der Waals surface area contributed by atoms with Gasteiger partial charge in [-0.25, -0.2) is 0 Å². The number of phenolic OH excluding ortho intramolecular Hbond substituents is 1. The predicted octanol–water partition coefficient (Wildman–Crippen LogP) is 5.95. The molecule has 1 N–H and O–H groups in total. The van der Waals surface area contributed by atoms with Gasteiger partial charge in [0.15, 0.2) is 5.78 Å². The lowest BCUT2D eigenvalue weighted by Crippen LogP contribution is -2.21. The van der Waals surface area contributed by atoms with Crippen LogP contribution in [-0.4, -0.2) is 17.5 Å². The summed E-state index contributed by atoms with van der Waals surface area (Å²) in [4.78, 5) is 12.9. The van der Waals surface area contributed by atoms with Crippen molar-refractivity contribution in [3.8, 4) is 17.2 Å². The second-order valence-corrected chi connectivity index (χ2v) is 7.80. The molecule has 2 aromatic carbocycles. The Kier molecular flexibility index (Phi) is 6.42. The zero-order chi connectivity index (χ0) is 21.0. The quantitative estimate of drug-likeness (QED) is 0.617. The van der Waals surface area contributed by atoms with E-state index >= 15 is 0 Å². The van der Waals surface area contributed by atoms with E-state index < -0.39 is 0 Å². The summed E-state index contributed by atoms with van der Waals surface area (Å²) < 4.78 is 12.1. The minimum absolute atomic E-state index is 0.0382. The normalized spacial score (nSPS) is 15.2. The average molecular weight is 392 g/mol. The van der Waals surface area contributed by atoms with Crippen molar-refractivity contribution in [3.63, 3.8) is 0 Å². The first-order valence-corrected chi connectivity index (χ1v) is 9.90. The van der Waals surface area contributed by atoms with Gasteiger partial charge >= 0.3 is 0 Å². The number of ether oxygens (including phenoxy) is 2. The third-order valence-corrected chi connectivity index (χ3v) is 4.86. The third-order valence-electron chi connectivity index (χ3n) is 4.86. The number of hydrogen-bond acceptors (Lipinski definition) is 4. The SMILES string of the molecule is CC(C)=CCOc1cc2c(c(O)c1CC=C(C)C)C(=O)C[C@@H](c1ccccc1)O2. The Morgan fingerprint density at radius 2 is 1.83 bits per heavy atom. The van der Waals surface area contributed by atoms with Gasteiger partial charge in [-0.05, 0) is 45.8 Å². The van der Waals surface area contributed by atoms with Crippen LogP contribution in [0.25, 0.3) is 0 Å². The van der Waals surface area contributed by atoms with Gasteiger partial charge in [0.2, 0.25) is 0 Å². The second-order valence-electron chi connectivity index (χ2n) is 7.80. The van der Waals surface area contributed by atoms with E-state index in [4.69, 9.17) is 9.47 Å². The van der Waals surface area contributed by atoms with E-state index in [2.05, 4.69) is 0 Å². The molecule has 1 heterocycles. The standard InChI is InChI=1S/C25H28O4/c1-16(2)10-11-19-22(28-13-12-17(3)4)15-23-24(25(19)27)20(26)14-21(29-23)18-8-6-5-7-9-18/h5-10,12,15,21,27H,11,13-14H2,1-4H3/t21-/m0/s1. The Balaban J connectivity index is 2.02. The van der Waals surface area contributed by atoms with E-state index in [1.807, 2.05) is 70.2 Å². The minimum atomic E-state index is -0.370. The number of allylic oxidation sites excluding steroid dienone is 3. The van der Waals surface area contributed by atoms with Gasteiger partial charge in [-0.15, -0.1) is 0 Å². The Morgan fingerprint density at radius 1 is 1.14 bits per heavy atom. The first-order valence-electron chi connectivity index (χ1n) is 9.90. The summed E-state index contributed by atoms with van der Waals surface area (Å²) in [6.07, 6.45) is 4.30. The zero-order valence-electron chi connectivity index (χ0n) is 17.5. The molecule has 0 saturated carbocycles. The summed E-state index contributed by atoms with van der Waals surface area (Å²) in [6, 6.07) is 11.4. The van der Waals surface area contributed by atoms with Crippen molar-refractivity contribution >= 4 is 5.78 Å². The lowest BCUT2D eigenvalue weighted by Gasteiger charge is -2.27. The van der Waals surface area contributed by atoms with Crippen molar-refractivity contribution < 1.29 is 19.4 Å². The first-order chi connectivity index (χ1) is 13.9. The van der Waals surface area contributed by atoms with E-state index in [0.29, 0.717) is 30.1 Å². The van der Waals surface area contributed by atoms with Crippen molar-refractivity contribution in [3.05, 3.63) is 76.4 Å². The molecule has 1 atom stereocenters.